The summed E-state index contributed by atoms with van der Waals surface area (Å²) in [6.07, 6.45) is 5.09. The van der Waals surface area contributed by atoms with Crippen LogP contribution in [0.3, 0.4) is 0 Å². The summed E-state index contributed by atoms with van der Waals surface area (Å²) >= 11 is 0. The average Bonchev–Trinajstić information content (AvgIpc) is 2.74. The number of aliphatic hydroxyl groups is 2. The first-order valence-electron chi connectivity index (χ1n) is 10.6. The number of hydrogen-bond donors (Lipinski definition) is 4. The van der Waals surface area contributed by atoms with Gasteiger partial charge in [0.2, 0.25) is 0 Å². The number of rotatable bonds is 15. The molecular weight excluding hydrogens is 348 g/mol. The number of benzene rings is 2. The molecule has 0 amide bonds. The van der Waals surface area contributed by atoms with Crippen LogP contribution in [-0.4, -0.2) is 48.6 Å². The van der Waals surface area contributed by atoms with Gasteiger partial charge < -0.3 is 20.8 Å². The van der Waals surface area contributed by atoms with Crippen LogP contribution in [0.4, 0.5) is 0 Å². The van der Waals surface area contributed by atoms with Crippen molar-refractivity contribution in [1.82, 2.24) is 10.6 Å². The summed E-state index contributed by atoms with van der Waals surface area (Å²) in [7, 11) is 0. The highest BCUT2D eigenvalue weighted by Gasteiger charge is 2.14. The van der Waals surface area contributed by atoms with Crippen molar-refractivity contribution in [3.63, 3.8) is 0 Å². The second-order valence-corrected chi connectivity index (χ2v) is 7.43. The van der Waals surface area contributed by atoms with E-state index >= 15 is 0 Å². The summed E-state index contributed by atoms with van der Waals surface area (Å²) in [6.45, 7) is 2.59. The number of aryl methyl sites for hydroxylation is 2. The third-order valence-corrected chi connectivity index (χ3v) is 4.97. The average molecular weight is 385 g/mol. The summed E-state index contributed by atoms with van der Waals surface area (Å²) in [5, 5.41) is 26.6. The van der Waals surface area contributed by atoms with Crippen LogP contribution in [0.2, 0.25) is 0 Å². The Kier molecular flexibility index (Phi) is 11.5. The maximum atomic E-state index is 10.1. The molecule has 0 saturated carbocycles. The van der Waals surface area contributed by atoms with E-state index in [9.17, 15) is 10.2 Å². The SMILES string of the molecule is O[C@H](CNCCCCc1ccccc1)[C@@H](O)CNCCCCc1ccccc1. The highest BCUT2D eigenvalue weighted by Crippen LogP contribution is 2.05. The molecule has 0 heterocycles. The van der Waals surface area contributed by atoms with Crippen LogP contribution in [0.5, 0.6) is 0 Å². The molecule has 0 spiro atoms. The smallest absolute Gasteiger partial charge is 0.0935 e. The number of unbranched alkanes of at least 4 members (excludes halogenated alkanes) is 2. The first-order valence-corrected chi connectivity index (χ1v) is 10.6. The monoisotopic (exact) mass is 384 g/mol. The molecule has 0 fully saturated rings. The fourth-order valence-corrected chi connectivity index (χ4v) is 3.22. The van der Waals surface area contributed by atoms with E-state index in [2.05, 4.69) is 59.2 Å². The van der Waals surface area contributed by atoms with Crippen LogP contribution >= 0.6 is 0 Å². The summed E-state index contributed by atoms with van der Waals surface area (Å²) in [6, 6.07) is 21.0. The molecule has 0 aliphatic rings. The van der Waals surface area contributed by atoms with E-state index in [0.29, 0.717) is 13.1 Å². The predicted octanol–water partition coefficient (Wildman–Crippen LogP) is 2.93. The summed E-state index contributed by atoms with van der Waals surface area (Å²) in [5.41, 5.74) is 2.74. The molecule has 0 aromatic heterocycles. The summed E-state index contributed by atoms with van der Waals surface area (Å²) < 4.78 is 0. The van der Waals surface area contributed by atoms with Crippen LogP contribution in [-0.2, 0) is 12.8 Å². The third-order valence-electron chi connectivity index (χ3n) is 4.97. The minimum absolute atomic E-state index is 0.433. The van der Waals surface area contributed by atoms with Crippen LogP contribution in [0.1, 0.15) is 36.8 Å². The predicted molar refractivity (Wildman–Crippen MR) is 117 cm³/mol. The Balaban J connectivity index is 1.41. The molecule has 2 aromatic carbocycles. The maximum Gasteiger partial charge on any atom is 0.0935 e. The van der Waals surface area contributed by atoms with Crippen LogP contribution < -0.4 is 10.6 Å². The quantitative estimate of drug-likeness (QED) is 0.357. The van der Waals surface area contributed by atoms with Crippen molar-refractivity contribution < 1.29 is 10.2 Å². The second kappa shape index (κ2) is 14.3. The molecule has 0 unspecified atom stereocenters. The van der Waals surface area contributed by atoms with Gasteiger partial charge in [-0.15, -0.1) is 0 Å². The van der Waals surface area contributed by atoms with Crippen molar-refractivity contribution in [2.45, 2.75) is 50.7 Å². The molecule has 4 N–H and O–H groups in total. The minimum atomic E-state index is -0.731. The molecule has 154 valence electrons. The van der Waals surface area contributed by atoms with Crippen molar-refractivity contribution in [3.8, 4) is 0 Å². The molecule has 28 heavy (non-hydrogen) atoms. The maximum absolute atomic E-state index is 10.1. The number of aliphatic hydroxyl groups excluding tert-OH is 2. The Morgan fingerprint density at radius 1 is 0.571 bits per heavy atom. The summed E-state index contributed by atoms with van der Waals surface area (Å²) in [4.78, 5) is 0. The zero-order valence-corrected chi connectivity index (χ0v) is 16.9. The van der Waals surface area contributed by atoms with Gasteiger partial charge in [0.1, 0.15) is 0 Å². The Labute approximate surface area is 170 Å². The Morgan fingerprint density at radius 2 is 0.964 bits per heavy atom. The van der Waals surface area contributed by atoms with Gasteiger partial charge in [-0.05, 0) is 62.7 Å². The van der Waals surface area contributed by atoms with Gasteiger partial charge >= 0.3 is 0 Å². The van der Waals surface area contributed by atoms with Crippen LogP contribution in [0.25, 0.3) is 0 Å². The van der Waals surface area contributed by atoms with E-state index in [-0.39, 0.29) is 0 Å². The lowest BCUT2D eigenvalue weighted by molar-refractivity contribution is 0.0210. The molecule has 0 radical (unpaired) electrons. The normalized spacial score (nSPS) is 13.4. The number of hydrogen-bond acceptors (Lipinski definition) is 4. The van der Waals surface area contributed by atoms with Crippen LogP contribution in [0, 0.1) is 0 Å². The molecule has 0 saturated heterocycles. The van der Waals surface area contributed by atoms with Gasteiger partial charge in [-0.2, -0.15) is 0 Å². The Hall–Kier alpha value is -1.72. The van der Waals surface area contributed by atoms with Gasteiger partial charge in [0.15, 0.2) is 0 Å². The Morgan fingerprint density at radius 3 is 1.36 bits per heavy atom. The van der Waals surface area contributed by atoms with Crippen molar-refractivity contribution in [1.29, 1.82) is 0 Å². The van der Waals surface area contributed by atoms with Gasteiger partial charge in [-0.25, -0.2) is 0 Å². The molecular formula is C24H36N2O2. The lowest BCUT2D eigenvalue weighted by Crippen LogP contribution is -2.42. The molecule has 0 aliphatic carbocycles. The zero-order valence-electron chi connectivity index (χ0n) is 16.9. The van der Waals surface area contributed by atoms with Crippen molar-refractivity contribution in [3.05, 3.63) is 71.8 Å². The fraction of sp³-hybridized carbons (Fsp3) is 0.500. The standard InChI is InChI=1S/C24H36N2O2/c27-23(19-25-17-9-7-15-21-11-3-1-4-12-21)24(28)20-26-18-10-8-16-22-13-5-2-6-14-22/h1-6,11-14,23-28H,7-10,15-20H2/t23-,24+. The topological polar surface area (TPSA) is 64.5 Å². The van der Waals surface area contributed by atoms with Gasteiger partial charge in [-0.1, -0.05) is 60.7 Å². The highest BCUT2D eigenvalue weighted by atomic mass is 16.3. The molecule has 2 atom stereocenters. The number of nitrogens with one attached hydrogen (secondary N) is 2. The van der Waals surface area contributed by atoms with E-state index in [4.69, 9.17) is 0 Å². The van der Waals surface area contributed by atoms with E-state index in [1.165, 1.54) is 11.1 Å². The molecule has 4 heteroatoms. The first kappa shape index (κ1) is 22.6. The lowest BCUT2D eigenvalue weighted by Gasteiger charge is -2.19. The third kappa shape index (κ3) is 10.00. The fourth-order valence-electron chi connectivity index (χ4n) is 3.22. The van der Waals surface area contributed by atoms with Crippen molar-refractivity contribution >= 4 is 0 Å². The van der Waals surface area contributed by atoms with E-state index < -0.39 is 12.2 Å². The summed E-state index contributed by atoms with van der Waals surface area (Å²) in [5.74, 6) is 0. The molecule has 0 aliphatic heterocycles. The van der Waals surface area contributed by atoms with Gasteiger partial charge in [-0.3, -0.25) is 0 Å². The van der Waals surface area contributed by atoms with E-state index in [0.717, 1.165) is 51.6 Å². The van der Waals surface area contributed by atoms with Gasteiger partial charge in [0.25, 0.3) is 0 Å². The zero-order chi connectivity index (χ0) is 19.9. The van der Waals surface area contributed by atoms with Crippen LogP contribution in [0.15, 0.2) is 60.7 Å². The van der Waals surface area contributed by atoms with E-state index in [1.54, 1.807) is 0 Å². The Bertz CT molecular complexity index is 551. The first-order chi connectivity index (χ1) is 13.8. The van der Waals surface area contributed by atoms with Gasteiger partial charge in [0, 0.05) is 13.1 Å². The highest BCUT2D eigenvalue weighted by molar-refractivity contribution is 5.15. The molecule has 4 nitrogen and oxygen atoms in total. The lowest BCUT2D eigenvalue weighted by atomic mass is 10.1. The van der Waals surface area contributed by atoms with Gasteiger partial charge in [0.05, 0.1) is 12.2 Å². The second-order valence-electron chi connectivity index (χ2n) is 7.43. The van der Waals surface area contributed by atoms with E-state index in [1.807, 2.05) is 12.1 Å². The van der Waals surface area contributed by atoms with Crippen molar-refractivity contribution in [2.75, 3.05) is 26.2 Å². The molecule has 2 aromatic rings. The minimum Gasteiger partial charge on any atom is -0.389 e. The van der Waals surface area contributed by atoms with Crippen molar-refractivity contribution in [2.24, 2.45) is 0 Å². The molecule has 0 bridgehead atoms. The largest absolute Gasteiger partial charge is 0.389 e. The molecule has 2 rings (SSSR count).